The maximum Gasteiger partial charge on any atom is 0.253 e. The molecule has 0 saturated carbocycles. The van der Waals surface area contributed by atoms with Crippen molar-refractivity contribution in [2.24, 2.45) is 0 Å². The zero-order valence-electron chi connectivity index (χ0n) is 16.9. The Kier molecular flexibility index (Phi) is 10.4. The highest BCUT2D eigenvalue weighted by Crippen LogP contribution is 2.16. The number of rotatable bonds is 10. The molecule has 2 amide bonds. The Balaban J connectivity index is 1.90. The van der Waals surface area contributed by atoms with Gasteiger partial charge in [0.05, 0.1) is 5.56 Å². The summed E-state index contributed by atoms with van der Waals surface area (Å²) >= 11 is 5.09. The number of carbonyl (C=O) groups is 2. The van der Waals surface area contributed by atoms with Crippen molar-refractivity contribution in [2.45, 2.75) is 51.1 Å². The molecule has 0 radical (unpaired) electrons. The van der Waals surface area contributed by atoms with Crippen molar-refractivity contribution < 1.29 is 9.59 Å². The molecule has 1 aliphatic heterocycles. The molecule has 7 heteroatoms. The smallest absolute Gasteiger partial charge is 0.253 e. The number of likely N-dealkylation sites (tertiary alicyclic amines) is 1. The van der Waals surface area contributed by atoms with Gasteiger partial charge < -0.3 is 15.5 Å². The third-order valence-corrected chi connectivity index (χ3v) is 6.45. The molecule has 1 aromatic rings. The average molecular weight is 470 g/mol. The molecule has 1 unspecified atom stereocenters. The Morgan fingerprint density at radius 3 is 2.64 bits per heavy atom. The largest absolute Gasteiger partial charge is 0.351 e. The number of carbonyl (C=O) groups excluding carboxylic acids is 2. The van der Waals surface area contributed by atoms with Gasteiger partial charge in [-0.05, 0) is 72.3 Å². The summed E-state index contributed by atoms with van der Waals surface area (Å²) < 4.78 is 0.732. The molecular formula is C21H32BrN3O2S. The second kappa shape index (κ2) is 12.5. The van der Waals surface area contributed by atoms with Gasteiger partial charge in [-0.25, -0.2) is 0 Å². The third-order valence-electron chi connectivity index (χ3n) is 5.11. The third kappa shape index (κ3) is 7.41. The Labute approximate surface area is 181 Å². The molecule has 2 N–H and O–H groups in total. The summed E-state index contributed by atoms with van der Waals surface area (Å²) in [5.74, 6) is 0.536. The van der Waals surface area contributed by atoms with Gasteiger partial charge in [-0.15, -0.1) is 0 Å². The fourth-order valence-electron chi connectivity index (χ4n) is 3.37. The van der Waals surface area contributed by atoms with Crippen LogP contribution in [0.1, 0.15) is 49.4 Å². The summed E-state index contributed by atoms with van der Waals surface area (Å²) in [5.41, 5.74) is 0.550. The quantitative estimate of drug-likeness (QED) is 0.548. The molecule has 0 spiro atoms. The minimum atomic E-state index is -0.509. The molecule has 1 heterocycles. The summed E-state index contributed by atoms with van der Waals surface area (Å²) in [6.45, 7) is 5.42. The highest BCUT2D eigenvalue weighted by Gasteiger charge is 2.26. The van der Waals surface area contributed by atoms with Gasteiger partial charge in [0.25, 0.3) is 5.91 Å². The lowest BCUT2D eigenvalue weighted by Gasteiger charge is -2.33. The van der Waals surface area contributed by atoms with E-state index in [1.165, 1.54) is 12.8 Å². The monoisotopic (exact) mass is 469 g/mol. The number of amides is 2. The first-order valence-corrected chi connectivity index (χ1v) is 12.3. The van der Waals surface area contributed by atoms with Crippen LogP contribution in [0, 0.1) is 0 Å². The highest BCUT2D eigenvalue weighted by atomic mass is 79.9. The number of benzene rings is 1. The van der Waals surface area contributed by atoms with Crippen molar-refractivity contribution >= 4 is 39.5 Å². The summed E-state index contributed by atoms with van der Waals surface area (Å²) in [5, 5.41) is 6.10. The normalized spacial score (nSPS) is 16.5. The topological polar surface area (TPSA) is 61.4 Å². The lowest BCUT2D eigenvalue weighted by atomic mass is 10.0. The number of hydrogen-bond acceptors (Lipinski definition) is 4. The Morgan fingerprint density at radius 2 is 2.00 bits per heavy atom. The number of nitrogens with zero attached hydrogens (tertiary/aromatic N) is 1. The Morgan fingerprint density at radius 1 is 1.29 bits per heavy atom. The SMILES string of the molecule is CCCCN1CCC(NC(=O)C(CCSC)NC(=O)c2ccccc2Br)CC1. The zero-order chi connectivity index (χ0) is 20.4. The van der Waals surface area contributed by atoms with Gasteiger partial charge >= 0.3 is 0 Å². The van der Waals surface area contributed by atoms with Crippen LogP contribution in [-0.2, 0) is 4.79 Å². The standard InChI is InChI=1S/C21H32BrN3O2S/c1-3-4-12-25-13-9-16(10-14-25)23-21(27)19(11-15-28-2)24-20(26)17-7-5-6-8-18(17)22/h5-8,16,19H,3-4,9-15H2,1-2H3,(H,23,27)(H,24,26). The van der Waals surface area contributed by atoms with Crippen LogP contribution in [-0.4, -0.2) is 60.4 Å². The van der Waals surface area contributed by atoms with Crippen LogP contribution >= 0.6 is 27.7 Å². The number of nitrogens with one attached hydrogen (secondary N) is 2. The van der Waals surface area contributed by atoms with Crippen LogP contribution in [0.2, 0.25) is 0 Å². The van der Waals surface area contributed by atoms with Crippen LogP contribution in [0.15, 0.2) is 28.7 Å². The number of halogens is 1. The first-order valence-electron chi connectivity index (χ1n) is 10.1. The van der Waals surface area contributed by atoms with E-state index < -0.39 is 6.04 Å². The van der Waals surface area contributed by atoms with Crippen molar-refractivity contribution in [2.75, 3.05) is 31.6 Å². The van der Waals surface area contributed by atoms with Gasteiger partial charge in [-0.2, -0.15) is 11.8 Å². The van der Waals surface area contributed by atoms with E-state index in [0.29, 0.717) is 12.0 Å². The first-order chi connectivity index (χ1) is 13.5. The number of thioether (sulfide) groups is 1. The van der Waals surface area contributed by atoms with Crippen molar-refractivity contribution in [3.63, 3.8) is 0 Å². The van der Waals surface area contributed by atoms with E-state index in [2.05, 4.69) is 38.4 Å². The van der Waals surface area contributed by atoms with Gasteiger partial charge in [0, 0.05) is 23.6 Å². The summed E-state index contributed by atoms with van der Waals surface area (Å²) in [6, 6.07) is 6.97. The molecule has 156 valence electrons. The Hall–Kier alpha value is -1.05. The van der Waals surface area contributed by atoms with Gasteiger partial charge in [-0.3, -0.25) is 9.59 Å². The predicted octanol–water partition coefficient (Wildman–Crippen LogP) is 3.68. The average Bonchev–Trinajstić information content (AvgIpc) is 2.70. The first kappa shape index (κ1) is 23.2. The van der Waals surface area contributed by atoms with Crippen molar-refractivity contribution in [3.05, 3.63) is 34.3 Å². The van der Waals surface area contributed by atoms with Crippen molar-refractivity contribution in [3.8, 4) is 0 Å². The van der Waals surface area contributed by atoms with E-state index in [1.807, 2.05) is 24.5 Å². The molecule has 1 atom stereocenters. The van der Waals surface area contributed by atoms with Crippen LogP contribution in [0.3, 0.4) is 0 Å². The maximum absolute atomic E-state index is 12.9. The minimum absolute atomic E-state index is 0.0681. The maximum atomic E-state index is 12.9. The van der Waals surface area contributed by atoms with E-state index >= 15 is 0 Å². The van der Waals surface area contributed by atoms with E-state index in [9.17, 15) is 9.59 Å². The van der Waals surface area contributed by atoms with Gasteiger partial charge in [0.2, 0.25) is 5.91 Å². The predicted molar refractivity (Wildman–Crippen MR) is 121 cm³/mol. The molecule has 0 bridgehead atoms. The van der Waals surface area contributed by atoms with Crippen molar-refractivity contribution in [1.29, 1.82) is 0 Å². The fraction of sp³-hybridized carbons (Fsp3) is 0.619. The fourth-order valence-corrected chi connectivity index (χ4v) is 4.31. The molecule has 5 nitrogen and oxygen atoms in total. The molecule has 1 saturated heterocycles. The number of hydrogen-bond donors (Lipinski definition) is 2. The second-order valence-corrected chi connectivity index (χ2v) is 9.11. The molecule has 0 aromatic heterocycles. The van der Waals surface area contributed by atoms with Gasteiger partial charge in [0.15, 0.2) is 0 Å². The lowest BCUT2D eigenvalue weighted by Crippen LogP contribution is -2.52. The summed E-state index contributed by atoms with van der Waals surface area (Å²) in [6.07, 6.45) is 7.03. The van der Waals surface area contributed by atoms with E-state index in [-0.39, 0.29) is 17.9 Å². The molecule has 1 fully saturated rings. The molecule has 28 heavy (non-hydrogen) atoms. The zero-order valence-corrected chi connectivity index (χ0v) is 19.3. The lowest BCUT2D eigenvalue weighted by molar-refractivity contribution is -0.124. The van der Waals surface area contributed by atoms with Gasteiger partial charge in [-0.1, -0.05) is 25.5 Å². The number of unbranched alkanes of at least 4 members (excludes halogenated alkanes) is 1. The molecule has 1 aromatic carbocycles. The molecular weight excluding hydrogens is 438 g/mol. The molecule has 0 aliphatic carbocycles. The van der Waals surface area contributed by atoms with Crippen LogP contribution < -0.4 is 10.6 Å². The number of piperidine rings is 1. The van der Waals surface area contributed by atoms with Crippen LogP contribution in [0.5, 0.6) is 0 Å². The van der Waals surface area contributed by atoms with Crippen LogP contribution in [0.4, 0.5) is 0 Å². The minimum Gasteiger partial charge on any atom is -0.351 e. The van der Waals surface area contributed by atoms with E-state index in [4.69, 9.17) is 0 Å². The van der Waals surface area contributed by atoms with E-state index in [1.54, 1.807) is 17.8 Å². The van der Waals surface area contributed by atoms with Crippen LogP contribution in [0.25, 0.3) is 0 Å². The van der Waals surface area contributed by atoms with E-state index in [0.717, 1.165) is 42.7 Å². The second-order valence-electron chi connectivity index (χ2n) is 7.27. The summed E-state index contributed by atoms with van der Waals surface area (Å²) in [7, 11) is 0. The Bertz CT molecular complexity index is 636. The molecule has 2 rings (SSSR count). The van der Waals surface area contributed by atoms with Crippen molar-refractivity contribution in [1.82, 2.24) is 15.5 Å². The molecule has 1 aliphatic rings. The highest BCUT2D eigenvalue weighted by molar-refractivity contribution is 9.10. The van der Waals surface area contributed by atoms with Gasteiger partial charge in [0.1, 0.15) is 6.04 Å². The summed E-state index contributed by atoms with van der Waals surface area (Å²) in [4.78, 5) is 28.0.